The van der Waals surface area contributed by atoms with Crippen LogP contribution in [0.3, 0.4) is 0 Å². The Balaban J connectivity index is 1.35. The summed E-state index contributed by atoms with van der Waals surface area (Å²) in [6.45, 7) is 5.97. The number of rotatable bonds is 7. The van der Waals surface area contributed by atoms with E-state index in [1.807, 2.05) is 13.8 Å². The average Bonchev–Trinajstić information content (AvgIpc) is 3.37. The van der Waals surface area contributed by atoms with Crippen molar-refractivity contribution < 1.29 is 23.1 Å². The number of anilines is 1. The summed E-state index contributed by atoms with van der Waals surface area (Å²) >= 11 is 0. The fraction of sp³-hybridized carbons (Fsp3) is 0.310. The number of piperazine rings is 1. The van der Waals surface area contributed by atoms with E-state index in [1.165, 1.54) is 31.5 Å². The first kappa shape index (κ1) is 28.1. The van der Waals surface area contributed by atoms with Crippen LogP contribution in [0.15, 0.2) is 48.7 Å². The number of carbonyl (C=O) groups is 2. The first-order chi connectivity index (χ1) is 19.7. The van der Waals surface area contributed by atoms with Crippen molar-refractivity contribution in [3.63, 3.8) is 0 Å². The van der Waals surface area contributed by atoms with Crippen molar-refractivity contribution in [1.82, 2.24) is 30.7 Å². The average molecular weight is 564 g/mol. The second-order valence-electron chi connectivity index (χ2n) is 10.1. The molecule has 10 nitrogen and oxygen atoms in total. The second-order valence-corrected chi connectivity index (χ2v) is 10.1. The van der Waals surface area contributed by atoms with Crippen LogP contribution in [0.1, 0.15) is 41.4 Å². The number of aromatic nitrogens is 3. The SMILES string of the molecule is COC(=O)N1CCNCC1c1ccc(C(=O)Nc2n[nH]c3cnc(-c4c(F)cc(CNC(C)C)cc4F)cc23)cc1. The smallest absolute Gasteiger partial charge is 0.410 e. The van der Waals surface area contributed by atoms with Crippen molar-refractivity contribution in [2.75, 3.05) is 32.1 Å². The van der Waals surface area contributed by atoms with Gasteiger partial charge in [-0.1, -0.05) is 26.0 Å². The molecule has 0 aliphatic carbocycles. The van der Waals surface area contributed by atoms with Crippen LogP contribution in [-0.4, -0.2) is 64.9 Å². The predicted molar refractivity (Wildman–Crippen MR) is 150 cm³/mol. The number of halogens is 2. The van der Waals surface area contributed by atoms with Crippen LogP contribution in [0.2, 0.25) is 0 Å². The number of nitrogens with one attached hydrogen (secondary N) is 4. The summed E-state index contributed by atoms with van der Waals surface area (Å²) in [5.41, 5.74) is 2.02. The van der Waals surface area contributed by atoms with E-state index in [2.05, 4.69) is 31.1 Å². The van der Waals surface area contributed by atoms with Gasteiger partial charge >= 0.3 is 6.09 Å². The molecule has 0 radical (unpaired) electrons. The highest BCUT2D eigenvalue weighted by molar-refractivity contribution is 6.08. The molecular formula is C29H31F2N7O3. The number of amides is 2. The molecular weight excluding hydrogens is 532 g/mol. The Labute approximate surface area is 235 Å². The summed E-state index contributed by atoms with van der Waals surface area (Å²) in [5, 5.41) is 16.6. The van der Waals surface area contributed by atoms with Crippen molar-refractivity contribution in [3.05, 3.63) is 77.0 Å². The molecule has 214 valence electrons. The highest BCUT2D eigenvalue weighted by Gasteiger charge is 2.28. The maximum atomic E-state index is 15.0. The predicted octanol–water partition coefficient (Wildman–Crippen LogP) is 4.37. The molecule has 1 aliphatic heterocycles. The zero-order valence-electron chi connectivity index (χ0n) is 22.9. The molecule has 3 heterocycles. The Morgan fingerprint density at radius 2 is 1.88 bits per heavy atom. The van der Waals surface area contributed by atoms with Gasteiger partial charge in [-0.15, -0.1) is 0 Å². The molecule has 5 rings (SSSR count). The number of pyridine rings is 1. The van der Waals surface area contributed by atoms with E-state index in [1.54, 1.807) is 29.2 Å². The van der Waals surface area contributed by atoms with Gasteiger partial charge in [0, 0.05) is 43.2 Å². The molecule has 0 saturated carbocycles. The largest absolute Gasteiger partial charge is 0.453 e. The Kier molecular flexibility index (Phi) is 8.22. The number of carbonyl (C=O) groups excluding carboxylic acids is 2. The maximum absolute atomic E-state index is 15.0. The molecule has 4 N–H and O–H groups in total. The minimum absolute atomic E-state index is 0.0772. The molecule has 4 aromatic rings. The van der Waals surface area contributed by atoms with E-state index in [4.69, 9.17) is 4.74 Å². The molecule has 1 unspecified atom stereocenters. The van der Waals surface area contributed by atoms with E-state index < -0.39 is 23.6 Å². The third-order valence-electron chi connectivity index (χ3n) is 6.96. The van der Waals surface area contributed by atoms with Crippen molar-refractivity contribution in [1.29, 1.82) is 0 Å². The lowest BCUT2D eigenvalue weighted by Crippen LogP contribution is -2.48. The molecule has 2 aromatic heterocycles. The van der Waals surface area contributed by atoms with Gasteiger partial charge < -0.3 is 20.7 Å². The summed E-state index contributed by atoms with van der Waals surface area (Å²) in [5.74, 6) is -1.69. The number of methoxy groups -OCH3 is 1. The van der Waals surface area contributed by atoms with Gasteiger partial charge in [-0.2, -0.15) is 5.10 Å². The third-order valence-corrected chi connectivity index (χ3v) is 6.96. The van der Waals surface area contributed by atoms with Crippen LogP contribution in [0.4, 0.5) is 19.4 Å². The summed E-state index contributed by atoms with van der Waals surface area (Å²) in [6.07, 6.45) is 1.01. The Bertz CT molecular complexity index is 1550. The van der Waals surface area contributed by atoms with Gasteiger partial charge in [-0.25, -0.2) is 13.6 Å². The quantitative estimate of drug-likeness (QED) is 0.263. The van der Waals surface area contributed by atoms with Crippen molar-refractivity contribution >= 4 is 28.7 Å². The van der Waals surface area contributed by atoms with E-state index in [9.17, 15) is 9.59 Å². The summed E-state index contributed by atoms with van der Waals surface area (Å²) in [4.78, 5) is 31.1. The van der Waals surface area contributed by atoms with Crippen LogP contribution in [-0.2, 0) is 11.3 Å². The number of hydrogen-bond donors (Lipinski definition) is 4. The molecule has 1 atom stereocenters. The number of ether oxygens (including phenoxy) is 1. The van der Waals surface area contributed by atoms with E-state index in [-0.39, 0.29) is 29.2 Å². The first-order valence-electron chi connectivity index (χ1n) is 13.3. The summed E-state index contributed by atoms with van der Waals surface area (Å²) in [7, 11) is 1.35. The van der Waals surface area contributed by atoms with Gasteiger partial charge in [0.15, 0.2) is 5.82 Å². The van der Waals surface area contributed by atoms with Crippen LogP contribution in [0, 0.1) is 11.6 Å². The van der Waals surface area contributed by atoms with Crippen LogP contribution in [0.25, 0.3) is 22.2 Å². The lowest BCUT2D eigenvalue weighted by Gasteiger charge is -2.35. The van der Waals surface area contributed by atoms with Gasteiger partial charge in [-0.05, 0) is 41.5 Å². The van der Waals surface area contributed by atoms with Crippen molar-refractivity contribution in [3.8, 4) is 11.3 Å². The van der Waals surface area contributed by atoms with Gasteiger partial charge in [0.1, 0.15) is 11.6 Å². The molecule has 0 spiro atoms. The number of H-pyrrole nitrogens is 1. The highest BCUT2D eigenvalue weighted by atomic mass is 19.1. The van der Waals surface area contributed by atoms with E-state index in [0.717, 1.165) is 5.56 Å². The molecule has 1 saturated heterocycles. The molecule has 41 heavy (non-hydrogen) atoms. The lowest BCUT2D eigenvalue weighted by molar-refractivity contribution is 0.0942. The number of aromatic amines is 1. The summed E-state index contributed by atoms with van der Waals surface area (Å²) in [6, 6.07) is 10.9. The topological polar surface area (TPSA) is 124 Å². The second kappa shape index (κ2) is 12.0. The lowest BCUT2D eigenvalue weighted by atomic mass is 10.0. The number of fused-ring (bicyclic) bond motifs is 1. The minimum Gasteiger partial charge on any atom is -0.453 e. The Morgan fingerprint density at radius 3 is 2.56 bits per heavy atom. The van der Waals surface area contributed by atoms with E-state index in [0.29, 0.717) is 48.2 Å². The third kappa shape index (κ3) is 6.03. The fourth-order valence-electron chi connectivity index (χ4n) is 4.82. The van der Waals surface area contributed by atoms with Crippen LogP contribution in [0.5, 0.6) is 0 Å². The normalized spacial score (nSPS) is 15.4. The monoisotopic (exact) mass is 563 g/mol. The standard InChI is InChI=1S/C29H31F2N7O3/c1-16(2)33-13-17-10-21(30)26(22(31)11-17)23-12-20-24(14-34-23)36-37-27(20)35-28(39)19-6-4-18(5-7-19)25-15-32-8-9-38(25)29(40)41-3/h4-7,10-12,14,16,25,32-33H,8-9,13,15H2,1-3H3,(H2,35,36,37,39). The minimum atomic E-state index is -0.731. The fourth-order valence-corrected chi connectivity index (χ4v) is 4.82. The molecule has 1 fully saturated rings. The molecule has 1 aliphatic rings. The molecule has 2 aromatic carbocycles. The number of benzene rings is 2. The van der Waals surface area contributed by atoms with Crippen LogP contribution >= 0.6 is 0 Å². The summed E-state index contributed by atoms with van der Waals surface area (Å²) < 4.78 is 34.9. The highest BCUT2D eigenvalue weighted by Crippen LogP contribution is 2.30. The Morgan fingerprint density at radius 1 is 1.15 bits per heavy atom. The molecule has 12 heteroatoms. The van der Waals surface area contributed by atoms with Crippen molar-refractivity contribution in [2.24, 2.45) is 0 Å². The van der Waals surface area contributed by atoms with Crippen LogP contribution < -0.4 is 16.0 Å². The van der Waals surface area contributed by atoms with Gasteiger partial charge in [-0.3, -0.25) is 19.8 Å². The van der Waals surface area contributed by atoms with E-state index >= 15 is 8.78 Å². The van der Waals surface area contributed by atoms with Gasteiger partial charge in [0.05, 0.1) is 36.1 Å². The van der Waals surface area contributed by atoms with Gasteiger partial charge in [0.25, 0.3) is 5.91 Å². The maximum Gasteiger partial charge on any atom is 0.410 e. The van der Waals surface area contributed by atoms with Crippen molar-refractivity contribution in [2.45, 2.75) is 32.5 Å². The molecule has 0 bridgehead atoms. The zero-order valence-corrected chi connectivity index (χ0v) is 22.9. The Hall–Kier alpha value is -4.42. The zero-order chi connectivity index (χ0) is 29.1. The molecule has 2 amide bonds. The first-order valence-corrected chi connectivity index (χ1v) is 13.3. The number of hydrogen-bond acceptors (Lipinski definition) is 7. The van der Waals surface area contributed by atoms with Gasteiger partial charge in [0.2, 0.25) is 0 Å². The number of nitrogens with zero attached hydrogens (tertiary/aromatic N) is 3.